The summed E-state index contributed by atoms with van der Waals surface area (Å²) in [5.41, 5.74) is 2.84. The highest BCUT2D eigenvalue weighted by Gasteiger charge is 2.05. The summed E-state index contributed by atoms with van der Waals surface area (Å²) in [4.78, 5) is 8.70. The first-order chi connectivity index (χ1) is 13.3. The Kier molecular flexibility index (Phi) is 7.27. The molecule has 3 aromatic rings. The first-order valence-corrected chi connectivity index (χ1v) is 10.1. The van der Waals surface area contributed by atoms with Gasteiger partial charge in [-0.3, -0.25) is 9.98 Å². The molecule has 0 aromatic heterocycles. The maximum atomic E-state index is 6.12. The van der Waals surface area contributed by atoms with Gasteiger partial charge in [-0.05, 0) is 35.4 Å². The summed E-state index contributed by atoms with van der Waals surface area (Å²) in [5, 5.41) is 2.41. The summed E-state index contributed by atoms with van der Waals surface area (Å²) in [6.07, 6.45) is 3.37. The van der Waals surface area contributed by atoms with Crippen LogP contribution in [0.2, 0.25) is 30.1 Å². The molecule has 0 saturated carbocycles. The van der Waals surface area contributed by atoms with Crippen LogP contribution in [-0.4, -0.2) is 12.4 Å². The maximum absolute atomic E-state index is 6.12. The Morgan fingerprint density at radius 3 is 1.14 bits per heavy atom. The zero-order chi connectivity index (χ0) is 20.3. The van der Waals surface area contributed by atoms with Crippen LogP contribution in [0.25, 0.3) is 0 Å². The average molecular weight is 491 g/mol. The van der Waals surface area contributed by atoms with Gasteiger partial charge in [-0.15, -0.1) is 0 Å². The van der Waals surface area contributed by atoms with E-state index in [2.05, 4.69) is 9.98 Å². The first kappa shape index (κ1) is 21.4. The molecule has 0 bridgehead atoms. The molecule has 3 aromatic carbocycles. The van der Waals surface area contributed by atoms with E-state index in [0.29, 0.717) is 41.5 Å². The van der Waals surface area contributed by atoms with Gasteiger partial charge in [0.1, 0.15) is 0 Å². The second-order valence-corrected chi connectivity index (χ2v) is 8.06. The smallest absolute Gasteiger partial charge is 0.0831 e. The lowest BCUT2D eigenvalue weighted by Gasteiger charge is -2.02. The van der Waals surface area contributed by atoms with Crippen molar-refractivity contribution in [2.45, 2.75) is 0 Å². The van der Waals surface area contributed by atoms with Crippen LogP contribution >= 0.6 is 69.6 Å². The predicted octanol–water partition coefficient (Wildman–Crippen LogP) is 9.11. The highest BCUT2D eigenvalue weighted by atomic mass is 35.5. The Labute approximate surface area is 192 Å². The second-order valence-electron chi connectivity index (χ2n) is 5.62. The van der Waals surface area contributed by atoms with Crippen molar-refractivity contribution in [3.05, 3.63) is 89.8 Å². The Hall–Kier alpha value is -1.26. The quantitative estimate of drug-likeness (QED) is 0.257. The van der Waals surface area contributed by atoms with Crippen LogP contribution in [0.5, 0.6) is 0 Å². The molecule has 0 fully saturated rings. The molecule has 0 unspecified atom stereocenters. The highest BCUT2D eigenvalue weighted by Crippen LogP contribution is 2.35. The van der Waals surface area contributed by atoms with Crippen LogP contribution in [0.3, 0.4) is 0 Å². The molecule has 0 heterocycles. The summed E-state index contributed by atoms with van der Waals surface area (Å²) in [7, 11) is 0. The van der Waals surface area contributed by atoms with Gasteiger partial charge in [0.2, 0.25) is 0 Å². The zero-order valence-corrected chi connectivity index (χ0v) is 18.5. The topological polar surface area (TPSA) is 24.7 Å². The van der Waals surface area contributed by atoms with Crippen LogP contribution in [-0.2, 0) is 0 Å². The van der Waals surface area contributed by atoms with Gasteiger partial charge in [0, 0.05) is 12.4 Å². The minimum Gasteiger partial charge on any atom is -0.255 e. The van der Waals surface area contributed by atoms with E-state index in [0.717, 1.165) is 11.1 Å². The third-order valence-electron chi connectivity index (χ3n) is 3.62. The Balaban J connectivity index is 1.75. The second kappa shape index (κ2) is 9.49. The van der Waals surface area contributed by atoms with Crippen molar-refractivity contribution in [2.24, 2.45) is 9.98 Å². The average Bonchev–Trinajstić information content (AvgIpc) is 2.66. The Morgan fingerprint density at radius 2 is 0.786 bits per heavy atom. The fraction of sp³-hybridized carbons (Fsp3) is 0. The van der Waals surface area contributed by atoms with Gasteiger partial charge in [0.05, 0.1) is 41.5 Å². The molecule has 28 heavy (non-hydrogen) atoms. The molecule has 142 valence electrons. The van der Waals surface area contributed by atoms with Gasteiger partial charge in [0.25, 0.3) is 0 Å². The van der Waals surface area contributed by atoms with Crippen LogP contribution in [0, 0.1) is 0 Å². The number of rotatable bonds is 4. The molecule has 0 atom stereocenters. The summed E-state index contributed by atoms with van der Waals surface area (Å²) in [6.45, 7) is 0. The van der Waals surface area contributed by atoms with Crippen molar-refractivity contribution in [3.63, 3.8) is 0 Å². The molecule has 0 amide bonds. The molecule has 0 saturated heterocycles. The molecule has 8 heteroatoms. The van der Waals surface area contributed by atoms with E-state index in [1.807, 2.05) is 24.3 Å². The van der Waals surface area contributed by atoms with Crippen molar-refractivity contribution in [3.8, 4) is 0 Å². The van der Waals surface area contributed by atoms with E-state index in [1.165, 1.54) is 0 Å². The Bertz CT molecular complexity index is 989. The summed E-state index contributed by atoms with van der Waals surface area (Å²) in [5.74, 6) is 0. The van der Waals surface area contributed by atoms with Crippen molar-refractivity contribution in [1.82, 2.24) is 0 Å². The fourth-order valence-electron chi connectivity index (χ4n) is 2.18. The number of benzene rings is 3. The van der Waals surface area contributed by atoms with Crippen LogP contribution in [0.1, 0.15) is 11.1 Å². The van der Waals surface area contributed by atoms with E-state index in [1.54, 1.807) is 36.7 Å². The SMILES string of the molecule is Clc1cc(Cl)c(N=Cc2ccc(C=Nc3cc(Cl)c(Cl)cc3Cl)cc2)cc1Cl. The molecule has 0 aliphatic carbocycles. The number of hydrogen-bond acceptors (Lipinski definition) is 2. The van der Waals surface area contributed by atoms with E-state index in [9.17, 15) is 0 Å². The van der Waals surface area contributed by atoms with Gasteiger partial charge < -0.3 is 0 Å². The maximum Gasteiger partial charge on any atom is 0.0831 e. The van der Waals surface area contributed by atoms with E-state index < -0.39 is 0 Å². The predicted molar refractivity (Wildman–Crippen MR) is 124 cm³/mol. The summed E-state index contributed by atoms with van der Waals surface area (Å²) >= 11 is 36.1. The molecule has 0 aliphatic heterocycles. The molecular weight excluding hydrogens is 481 g/mol. The lowest BCUT2D eigenvalue weighted by Crippen LogP contribution is -1.85. The minimum atomic E-state index is 0.385. The monoisotopic (exact) mass is 488 g/mol. The third-order valence-corrected chi connectivity index (χ3v) is 5.67. The number of halogens is 6. The zero-order valence-electron chi connectivity index (χ0n) is 13.9. The van der Waals surface area contributed by atoms with Gasteiger partial charge in [0.15, 0.2) is 0 Å². The minimum absolute atomic E-state index is 0.385. The molecule has 0 aliphatic rings. The first-order valence-electron chi connectivity index (χ1n) is 7.81. The van der Waals surface area contributed by atoms with Gasteiger partial charge in [-0.1, -0.05) is 93.9 Å². The van der Waals surface area contributed by atoms with Crippen molar-refractivity contribution < 1.29 is 0 Å². The lowest BCUT2D eigenvalue weighted by molar-refractivity contribution is 1.51. The molecule has 2 nitrogen and oxygen atoms in total. The summed E-state index contributed by atoms with van der Waals surface area (Å²) < 4.78 is 0. The van der Waals surface area contributed by atoms with Gasteiger partial charge >= 0.3 is 0 Å². The molecule has 0 radical (unpaired) electrons. The number of nitrogens with zero attached hydrogens (tertiary/aromatic N) is 2. The number of aliphatic imine (C=N–C) groups is 2. The molecule has 3 rings (SSSR count). The van der Waals surface area contributed by atoms with Crippen LogP contribution in [0.15, 0.2) is 58.5 Å². The van der Waals surface area contributed by atoms with Crippen molar-refractivity contribution in [1.29, 1.82) is 0 Å². The molecule has 0 spiro atoms. The van der Waals surface area contributed by atoms with E-state index in [-0.39, 0.29) is 0 Å². The highest BCUT2D eigenvalue weighted by molar-refractivity contribution is 6.44. The van der Waals surface area contributed by atoms with Crippen molar-refractivity contribution in [2.75, 3.05) is 0 Å². The standard InChI is InChI=1S/C20H10Cl6N2/c21-13-5-17(25)19(7-15(13)23)27-9-11-1-2-12(4-3-11)10-28-20-8-16(24)14(22)6-18(20)26/h1-10H. The lowest BCUT2D eigenvalue weighted by atomic mass is 10.1. The molecular formula is C20H10Cl6N2. The van der Waals surface area contributed by atoms with Crippen LogP contribution in [0.4, 0.5) is 11.4 Å². The van der Waals surface area contributed by atoms with Gasteiger partial charge in [-0.25, -0.2) is 0 Å². The largest absolute Gasteiger partial charge is 0.255 e. The Morgan fingerprint density at radius 1 is 0.464 bits per heavy atom. The van der Waals surface area contributed by atoms with E-state index in [4.69, 9.17) is 69.6 Å². The normalized spacial score (nSPS) is 11.6. The summed E-state index contributed by atoms with van der Waals surface area (Å²) in [6, 6.07) is 13.9. The van der Waals surface area contributed by atoms with E-state index >= 15 is 0 Å². The molecule has 0 N–H and O–H groups in total. The fourth-order valence-corrected chi connectivity index (χ4v) is 3.36. The van der Waals surface area contributed by atoms with Crippen molar-refractivity contribution >= 4 is 93.4 Å². The number of hydrogen-bond donors (Lipinski definition) is 0. The van der Waals surface area contributed by atoms with Gasteiger partial charge in [-0.2, -0.15) is 0 Å². The third kappa shape index (κ3) is 5.42. The van der Waals surface area contributed by atoms with Crippen LogP contribution < -0.4 is 0 Å².